The molecule has 2 rings (SSSR count). The zero-order valence-corrected chi connectivity index (χ0v) is 13.8. The maximum absolute atomic E-state index is 3.74. The molecule has 0 amide bonds. The Labute approximate surface area is 127 Å². The molecule has 20 heavy (non-hydrogen) atoms. The maximum Gasteiger partial charge on any atom is 0.0346 e. The zero-order valence-electron chi connectivity index (χ0n) is 13.0. The Morgan fingerprint density at radius 3 is 2.70 bits per heavy atom. The van der Waals surface area contributed by atoms with Crippen LogP contribution in [0, 0.1) is 5.92 Å². The molecule has 0 aliphatic carbocycles. The zero-order chi connectivity index (χ0) is 14.4. The normalized spacial score (nSPS) is 13.2. The summed E-state index contributed by atoms with van der Waals surface area (Å²) >= 11 is 1.88. The SMILES string of the molecule is CCCNC(CCCC(C)C)c1csc2ccccc12. The van der Waals surface area contributed by atoms with Crippen LogP contribution in [0.25, 0.3) is 10.1 Å². The molecule has 0 bridgehead atoms. The van der Waals surface area contributed by atoms with Crippen molar-refractivity contribution < 1.29 is 0 Å². The van der Waals surface area contributed by atoms with Crippen LogP contribution >= 0.6 is 11.3 Å². The fraction of sp³-hybridized carbons (Fsp3) is 0.556. The smallest absolute Gasteiger partial charge is 0.0346 e. The highest BCUT2D eigenvalue weighted by atomic mass is 32.1. The number of thiophene rings is 1. The Balaban J connectivity index is 2.12. The first-order valence-corrected chi connectivity index (χ1v) is 8.79. The molecule has 0 radical (unpaired) electrons. The van der Waals surface area contributed by atoms with Gasteiger partial charge in [0.15, 0.2) is 0 Å². The Hall–Kier alpha value is -0.860. The van der Waals surface area contributed by atoms with Crippen LogP contribution in [0.4, 0.5) is 0 Å². The van der Waals surface area contributed by atoms with Crippen LogP contribution in [-0.2, 0) is 0 Å². The summed E-state index contributed by atoms with van der Waals surface area (Å²) in [6.45, 7) is 7.98. The van der Waals surface area contributed by atoms with Gasteiger partial charge in [0.05, 0.1) is 0 Å². The van der Waals surface area contributed by atoms with Crippen molar-refractivity contribution in [2.45, 2.75) is 52.5 Å². The fourth-order valence-electron chi connectivity index (χ4n) is 2.68. The van der Waals surface area contributed by atoms with Crippen molar-refractivity contribution in [2.24, 2.45) is 5.92 Å². The summed E-state index contributed by atoms with van der Waals surface area (Å²) in [6, 6.07) is 9.31. The van der Waals surface area contributed by atoms with Crippen molar-refractivity contribution >= 4 is 21.4 Å². The van der Waals surface area contributed by atoms with Crippen molar-refractivity contribution in [3.8, 4) is 0 Å². The van der Waals surface area contributed by atoms with Gasteiger partial charge in [-0.25, -0.2) is 0 Å². The fourth-order valence-corrected chi connectivity index (χ4v) is 3.70. The molecule has 1 aromatic heterocycles. The van der Waals surface area contributed by atoms with E-state index in [4.69, 9.17) is 0 Å². The highest BCUT2D eigenvalue weighted by Crippen LogP contribution is 2.32. The first-order valence-electron chi connectivity index (χ1n) is 7.92. The van der Waals surface area contributed by atoms with Gasteiger partial charge in [-0.1, -0.05) is 51.8 Å². The lowest BCUT2D eigenvalue weighted by molar-refractivity contribution is 0.450. The van der Waals surface area contributed by atoms with Crippen molar-refractivity contribution in [3.05, 3.63) is 35.2 Å². The third-order valence-electron chi connectivity index (χ3n) is 3.80. The molecule has 0 fully saturated rings. The Morgan fingerprint density at radius 2 is 1.95 bits per heavy atom. The molecule has 110 valence electrons. The Kier molecular flexibility index (Phi) is 6.06. The summed E-state index contributed by atoms with van der Waals surface area (Å²) in [6.07, 6.45) is 5.08. The highest BCUT2D eigenvalue weighted by Gasteiger charge is 2.15. The van der Waals surface area contributed by atoms with Crippen molar-refractivity contribution in [1.82, 2.24) is 5.32 Å². The second kappa shape index (κ2) is 7.80. The highest BCUT2D eigenvalue weighted by molar-refractivity contribution is 7.17. The van der Waals surface area contributed by atoms with E-state index >= 15 is 0 Å². The largest absolute Gasteiger partial charge is 0.310 e. The second-order valence-electron chi connectivity index (χ2n) is 6.02. The van der Waals surface area contributed by atoms with Crippen LogP contribution < -0.4 is 5.32 Å². The minimum atomic E-state index is 0.518. The third kappa shape index (κ3) is 4.07. The van der Waals surface area contributed by atoms with Crippen LogP contribution in [0.2, 0.25) is 0 Å². The van der Waals surface area contributed by atoms with Gasteiger partial charge in [-0.05, 0) is 47.7 Å². The molecular formula is C18H27NS. The first kappa shape index (κ1) is 15.5. The third-order valence-corrected chi connectivity index (χ3v) is 4.78. The number of benzene rings is 1. The molecule has 0 aliphatic rings. The monoisotopic (exact) mass is 289 g/mol. The first-order chi connectivity index (χ1) is 9.72. The van der Waals surface area contributed by atoms with Crippen LogP contribution in [-0.4, -0.2) is 6.54 Å². The molecule has 1 nitrogen and oxygen atoms in total. The van der Waals surface area contributed by atoms with E-state index in [0.717, 1.165) is 12.5 Å². The van der Waals surface area contributed by atoms with E-state index in [2.05, 4.69) is 55.7 Å². The lowest BCUT2D eigenvalue weighted by atomic mass is 9.97. The number of nitrogens with one attached hydrogen (secondary N) is 1. The van der Waals surface area contributed by atoms with E-state index in [1.807, 2.05) is 11.3 Å². The predicted molar refractivity (Wildman–Crippen MR) is 91.5 cm³/mol. The van der Waals surface area contributed by atoms with Crippen molar-refractivity contribution in [2.75, 3.05) is 6.54 Å². The summed E-state index contributed by atoms with van der Waals surface area (Å²) in [5.41, 5.74) is 1.50. The summed E-state index contributed by atoms with van der Waals surface area (Å²) in [5, 5.41) is 7.54. The summed E-state index contributed by atoms with van der Waals surface area (Å²) < 4.78 is 1.41. The second-order valence-corrected chi connectivity index (χ2v) is 6.93. The molecule has 1 heterocycles. The average Bonchev–Trinajstić information content (AvgIpc) is 2.86. The standard InChI is InChI=1S/C18H27NS/c1-4-12-19-17(10-7-8-14(2)3)16-13-20-18-11-6-5-9-15(16)18/h5-6,9,11,13-14,17,19H,4,7-8,10,12H2,1-3H3. The van der Waals surface area contributed by atoms with Gasteiger partial charge in [-0.15, -0.1) is 11.3 Å². The Morgan fingerprint density at radius 1 is 1.15 bits per heavy atom. The predicted octanol–water partition coefficient (Wildman–Crippen LogP) is 5.77. The number of hydrogen-bond acceptors (Lipinski definition) is 2. The van der Waals surface area contributed by atoms with Gasteiger partial charge in [-0.3, -0.25) is 0 Å². The topological polar surface area (TPSA) is 12.0 Å². The van der Waals surface area contributed by atoms with E-state index in [1.54, 1.807) is 0 Å². The molecule has 0 aliphatic heterocycles. The molecule has 0 saturated heterocycles. The number of fused-ring (bicyclic) bond motifs is 1. The molecule has 2 aromatic rings. The lowest BCUT2D eigenvalue weighted by Gasteiger charge is -2.19. The van der Waals surface area contributed by atoms with E-state index in [1.165, 1.54) is 41.3 Å². The summed E-state index contributed by atoms with van der Waals surface area (Å²) in [7, 11) is 0. The summed E-state index contributed by atoms with van der Waals surface area (Å²) in [5.74, 6) is 0.807. The minimum absolute atomic E-state index is 0.518. The molecule has 1 unspecified atom stereocenters. The van der Waals surface area contributed by atoms with Gasteiger partial charge < -0.3 is 5.32 Å². The van der Waals surface area contributed by atoms with Gasteiger partial charge in [0.1, 0.15) is 0 Å². The van der Waals surface area contributed by atoms with E-state index < -0.39 is 0 Å². The molecule has 1 atom stereocenters. The number of hydrogen-bond donors (Lipinski definition) is 1. The van der Waals surface area contributed by atoms with Gasteiger partial charge in [-0.2, -0.15) is 0 Å². The number of rotatable bonds is 8. The minimum Gasteiger partial charge on any atom is -0.310 e. The van der Waals surface area contributed by atoms with Crippen LogP contribution in [0.1, 0.15) is 58.1 Å². The van der Waals surface area contributed by atoms with E-state index in [-0.39, 0.29) is 0 Å². The lowest BCUT2D eigenvalue weighted by Crippen LogP contribution is -2.22. The molecule has 1 N–H and O–H groups in total. The molecule has 0 spiro atoms. The maximum atomic E-state index is 3.74. The van der Waals surface area contributed by atoms with Crippen LogP contribution in [0.3, 0.4) is 0 Å². The quantitative estimate of drug-likeness (QED) is 0.650. The molecular weight excluding hydrogens is 262 g/mol. The van der Waals surface area contributed by atoms with Crippen molar-refractivity contribution in [1.29, 1.82) is 0 Å². The van der Waals surface area contributed by atoms with Gasteiger partial charge >= 0.3 is 0 Å². The van der Waals surface area contributed by atoms with Crippen LogP contribution in [0.15, 0.2) is 29.6 Å². The van der Waals surface area contributed by atoms with Crippen molar-refractivity contribution in [3.63, 3.8) is 0 Å². The van der Waals surface area contributed by atoms with E-state index in [0.29, 0.717) is 6.04 Å². The van der Waals surface area contributed by atoms with Crippen LogP contribution in [0.5, 0.6) is 0 Å². The molecule has 0 saturated carbocycles. The molecule has 1 aromatic carbocycles. The Bertz CT molecular complexity index is 515. The van der Waals surface area contributed by atoms with E-state index in [9.17, 15) is 0 Å². The van der Waals surface area contributed by atoms with Gasteiger partial charge in [0, 0.05) is 10.7 Å². The van der Waals surface area contributed by atoms with Gasteiger partial charge in [0.25, 0.3) is 0 Å². The average molecular weight is 289 g/mol. The molecule has 2 heteroatoms. The van der Waals surface area contributed by atoms with Gasteiger partial charge in [0.2, 0.25) is 0 Å². The summed E-state index contributed by atoms with van der Waals surface area (Å²) in [4.78, 5) is 0.